The standard InChI is InChI=1S/C20H20N2O4/c1-26-19(23)20(14-22(24)25,12-11-15-7-3-2-4-8-15)17-13-21-18-10-6-5-9-16(17)18/h2-10,13,21H,11-12,14H2,1H3/t20-/m0/s1. The maximum Gasteiger partial charge on any atom is 0.323 e. The molecule has 1 atom stereocenters. The van der Waals surface area contributed by atoms with Gasteiger partial charge in [-0.15, -0.1) is 0 Å². The van der Waals surface area contributed by atoms with Crippen LogP contribution in [0.5, 0.6) is 0 Å². The van der Waals surface area contributed by atoms with Gasteiger partial charge < -0.3 is 9.72 Å². The largest absolute Gasteiger partial charge is 0.468 e. The van der Waals surface area contributed by atoms with Crippen LogP contribution in [0.25, 0.3) is 10.9 Å². The van der Waals surface area contributed by atoms with Crippen LogP contribution in [0.15, 0.2) is 60.8 Å². The molecular formula is C20H20N2O4. The molecule has 3 aromatic rings. The van der Waals surface area contributed by atoms with Crippen molar-refractivity contribution in [2.24, 2.45) is 0 Å². The molecule has 0 saturated carbocycles. The van der Waals surface area contributed by atoms with E-state index in [2.05, 4.69) is 4.98 Å². The molecule has 6 heteroatoms. The lowest BCUT2D eigenvalue weighted by Gasteiger charge is -2.27. The number of nitrogens with one attached hydrogen (secondary N) is 1. The van der Waals surface area contributed by atoms with Gasteiger partial charge in [-0.05, 0) is 24.5 Å². The fourth-order valence-corrected chi connectivity index (χ4v) is 3.46. The average Bonchev–Trinajstić information content (AvgIpc) is 3.09. The number of methoxy groups -OCH3 is 1. The molecule has 1 N–H and O–H groups in total. The second-order valence-electron chi connectivity index (χ2n) is 6.30. The van der Waals surface area contributed by atoms with Gasteiger partial charge in [-0.25, -0.2) is 0 Å². The maximum atomic E-state index is 12.8. The minimum Gasteiger partial charge on any atom is -0.468 e. The Morgan fingerprint density at radius 1 is 1.15 bits per heavy atom. The Morgan fingerprint density at radius 2 is 1.85 bits per heavy atom. The van der Waals surface area contributed by atoms with E-state index in [1.54, 1.807) is 6.20 Å². The van der Waals surface area contributed by atoms with E-state index in [1.807, 2.05) is 54.6 Å². The third-order valence-electron chi connectivity index (χ3n) is 4.76. The summed E-state index contributed by atoms with van der Waals surface area (Å²) in [7, 11) is 1.27. The Hall–Kier alpha value is -3.15. The smallest absolute Gasteiger partial charge is 0.323 e. The third kappa shape index (κ3) is 3.31. The number of ether oxygens (including phenoxy) is 1. The zero-order valence-corrected chi connectivity index (χ0v) is 14.5. The van der Waals surface area contributed by atoms with Crippen LogP contribution in [0.4, 0.5) is 0 Å². The summed E-state index contributed by atoms with van der Waals surface area (Å²) >= 11 is 0. The fourth-order valence-electron chi connectivity index (χ4n) is 3.46. The van der Waals surface area contributed by atoms with Crippen LogP contribution < -0.4 is 0 Å². The highest BCUT2D eigenvalue weighted by Crippen LogP contribution is 2.36. The first-order chi connectivity index (χ1) is 12.6. The van der Waals surface area contributed by atoms with Crippen LogP contribution >= 0.6 is 0 Å². The first-order valence-corrected chi connectivity index (χ1v) is 8.37. The zero-order chi connectivity index (χ0) is 18.6. The van der Waals surface area contributed by atoms with E-state index >= 15 is 0 Å². The lowest BCUT2D eigenvalue weighted by atomic mass is 9.75. The number of aromatic nitrogens is 1. The van der Waals surface area contributed by atoms with E-state index < -0.39 is 22.9 Å². The molecule has 0 unspecified atom stereocenters. The van der Waals surface area contributed by atoms with Crippen molar-refractivity contribution >= 4 is 16.9 Å². The minimum atomic E-state index is -1.35. The number of benzene rings is 2. The van der Waals surface area contributed by atoms with Crippen molar-refractivity contribution in [2.45, 2.75) is 18.3 Å². The van der Waals surface area contributed by atoms with E-state index in [-0.39, 0.29) is 6.42 Å². The van der Waals surface area contributed by atoms with Gasteiger partial charge in [0.25, 0.3) is 0 Å². The van der Waals surface area contributed by atoms with E-state index in [9.17, 15) is 14.9 Å². The van der Waals surface area contributed by atoms with Crippen molar-refractivity contribution in [1.82, 2.24) is 4.98 Å². The van der Waals surface area contributed by atoms with Crippen molar-refractivity contribution in [3.8, 4) is 0 Å². The van der Waals surface area contributed by atoms with Crippen molar-refractivity contribution in [3.63, 3.8) is 0 Å². The first kappa shape index (κ1) is 17.7. The number of aromatic amines is 1. The molecule has 2 aromatic carbocycles. The average molecular weight is 352 g/mol. The molecule has 1 heterocycles. The molecule has 0 radical (unpaired) electrons. The zero-order valence-electron chi connectivity index (χ0n) is 14.5. The quantitative estimate of drug-likeness (QED) is 0.401. The number of hydrogen-bond donors (Lipinski definition) is 1. The number of nitro groups is 1. The van der Waals surface area contributed by atoms with Gasteiger partial charge in [0.15, 0.2) is 5.41 Å². The summed E-state index contributed by atoms with van der Waals surface area (Å²) in [6.45, 7) is -0.519. The summed E-state index contributed by atoms with van der Waals surface area (Å²) in [5, 5.41) is 12.3. The van der Waals surface area contributed by atoms with Gasteiger partial charge in [-0.1, -0.05) is 48.5 Å². The summed E-state index contributed by atoms with van der Waals surface area (Å²) in [6.07, 6.45) is 2.51. The molecule has 0 amide bonds. The van der Waals surface area contributed by atoms with E-state index in [4.69, 9.17) is 4.74 Å². The Bertz CT molecular complexity index is 920. The molecule has 0 aliphatic heterocycles. The van der Waals surface area contributed by atoms with Gasteiger partial charge in [-0.2, -0.15) is 0 Å². The molecule has 0 bridgehead atoms. The number of carbonyl (C=O) groups is 1. The van der Waals surface area contributed by atoms with E-state index in [0.717, 1.165) is 16.5 Å². The van der Waals surface area contributed by atoms with E-state index in [0.29, 0.717) is 12.0 Å². The van der Waals surface area contributed by atoms with Crippen LogP contribution in [-0.2, 0) is 21.4 Å². The summed E-state index contributed by atoms with van der Waals surface area (Å²) in [5.41, 5.74) is 1.10. The molecule has 134 valence electrons. The van der Waals surface area contributed by atoms with Crippen LogP contribution in [0.2, 0.25) is 0 Å². The highest BCUT2D eigenvalue weighted by atomic mass is 16.6. The van der Waals surface area contributed by atoms with Gasteiger partial charge in [0.05, 0.1) is 7.11 Å². The SMILES string of the molecule is COC(=O)[C@@](CCc1ccccc1)(C[N+](=O)[O-])c1c[nH]c2ccccc12. The van der Waals surface area contributed by atoms with Crippen molar-refractivity contribution in [3.05, 3.63) is 82.0 Å². The number of para-hydroxylation sites is 1. The number of rotatable bonds is 7. The Morgan fingerprint density at radius 3 is 2.54 bits per heavy atom. The summed E-state index contributed by atoms with van der Waals surface area (Å²) < 4.78 is 5.02. The molecule has 26 heavy (non-hydrogen) atoms. The van der Waals surface area contributed by atoms with Gasteiger partial charge in [-0.3, -0.25) is 14.9 Å². The number of hydrogen-bond acceptors (Lipinski definition) is 4. The second kappa shape index (κ2) is 7.39. The summed E-state index contributed by atoms with van der Waals surface area (Å²) in [4.78, 5) is 26.9. The van der Waals surface area contributed by atoms with Crippen molar-refractivity contribution in [1.29, 1.82) is 0 Å². The maximum absolute atomic E-state index is 12.8. The third-order valence-corrected chi connectivity index (χ3v) is 4.76. The number of fused-ring (bicyclic) bond motifs is 1. The molecular weight excluding hydrogens is 332 g/mol. The predicted octanol–water partition coefficient (Wildman–Crippen LogP) is 3.49. The topological polar surface area (TPSA) is 85.2 Å². The molecule has 6 nitrogen and oxygen atoms in total. The highest BCUT2D eigenvalue weighted by molar-refractivity contribution is 5.93. The van der Waals surface area contributed by atoms with Crippen molar-refractivity contribution in [2.75, 3.05) is 13.7 Å². The van der Waals surface area contributed by atoms with Gasteiger partial charge in [0, 0.05) is 27.6 Å². The Labute approximate surface area is 150 Å². The number of H-pyrrole nitrogens is 1. The van der Waals surface area contributed by atoms with Gasteiger partial charge in [0.2, 0.25) is 6.54 Å². The molecule has 0 saturated heterocycles. The second-order valence-corrected chi connectivity index (χ2v) is 6.30. The predicted molar refractivity (Wildman–Crippen MR) is 98.6 cm³/mol. The highest BCUT2D eigenvalue weighted by Gasteiger charge is 2.47. The fraction of sp³-hybridized carbons (Fsp3) is 0.250. The summed E-state index contributed by atoms with van der Waals surface area (Å²) in [6, 6.07) is 17.1. The molecule has 0 fully saturated rings. The molecule has 0 aliphatic carbocycles. The molecule has 0 aliphatic rings. The molecule has 0 spiro atoms. The van der Waals surface area contributed by atoms with Crippen LogP contribution in [0.1, 0.15) is 17.5 Å². The number of aryl methyl sites for hydroxylation is 1. The molecule has 3 rings (SSSR count). The number of nitrogens with zero attached hydrogens (tertiary/aromatic N) is 1. The Balaban J connectivity index is 2.10. The van der Waals surface area contributed by atoms with Crippen LogP contribution in [0, 0.1) is 10.1 Å². The summed E-state index contributed by atoms with van der Waals surface area (Å²) in [5.74, 6) is -0.588. The van der Waals surface area contributed by atoms with Crippen LogP contribution in [-0.4, -0.2) is 29.5 Å². The number of carbonyl (C=O) groups excluding carboxylic acids is 1. The monoisotopic (exact) mass is 352 g/mol. The minimum absolute atomic E-state index is 0.284. The first-order valence-electron chi connectivity index (χ1n) is 8.37. The molecule has 1 aromatic heterocycles. The van der Waals surface area contributed by atoms with Gasteiger partial charge in [0.1, 0.15) is 0 Å². The van der Waals surface area contributed by atoms with Crippen molar-refractivity contribution < 1.29 is 14.5 Å². The lowest BCUT2D eigenvalue weighted by Crippen LogP contribution is -2.43. The number of esters is 1. The van der Waals surface area contributed by atoms with E-state index in [1.165, 1.54) is 7.11 Å². The Kier molecular flexibility index (Phi) is 5.02. The lowest BCUT2D eigenvalue weighted by molar-refractivity contribution is -0.489. The van der Waals surface area contributed by atoms with Gasteiger partial charge >= 0.3 is 5.97 Å². The van der Waals surface area contributed by atoms with Crippen LogP contribution in [0.3, 0.4) is 0 Å². The normalized spacial score (nSPS) is 13.3.